The Balaban J connectivity index is 1.38. The van der Waals surface area contributed by atoms with Crippen LogP contribution in [-0.2, 0) is 0 Å². The lowest BCUT2D eigenvalue weighted by atomic mass is 9.55. The van der Waals surface area contributed by atoms with Crippen LogP contribution in [0.25, 0.3) is 22.4 Å². The Hall–Kier alpha value is -2.96. The molecule has 7 heteroatoms. The first-order valence-electron chi connectivity index (χ1n) is 11.3. The molecule has 1 unspecified atom stereocenters. The zero-order valence-corrected chi connectivity index (χ0v) is 18.9. The minimum Gasteiger partial charge on any atom is -0.507 e. The molecule has 2 aliphatic carbocycles. The van der Waals surface area contributed by atoms with Gasteiger partial charge >= 0.3 is 0 Å². The van der Waals surface area contributed by atoms with E-state index in [1.54, 1.807) is 12.3 Å². The fraction of sp³-hybridized carbons (Fsp3) is 0.480. The summed E-state index contributed by atoms with van der Waals surface area (Å²) in [4.78, 5) is 2.25. The zero-order valence-electron chi connectivity index (χ0n) is 18.9. The van der Waals surface area contributed by atoms with Gasteiger partial charge in [-0.05, 0) is 67.2 Å². The van der Waals surface area contributed by atoms with Gasteiger partial charge in [-0.2, -0.15) is 5.10 Å². The van der Waals surface area contributed by atoms with Crippen molar-refractivity contribution in [3.63, 3.8) is 0 Å². The van der Waals surface area contributed by atoms with Crippen LogP contribution in [0, 0.1) is 16.6 Å². The number of H-pyrrole nitrogens is 1. The maximum Gasteiger partial charge on any atom is 0.151 e. The number of rotatable bonds is 4. The summed E-state index contributed by atoms with van der Waals surface area (Å²) in [5.41, 5.74) is 2.43. The van der Waals surface area contributed by atoms with Crippen LogP contribution in [-0.4, -0.2) is 38.6 Å². The van der Waals surface area contributed by atoms with Gasteiger partial charge in [0.05, 0.1) is 11.9 Å². The molecular weight excluding hydrogens is 405 g/mol. The number of aromatic nitrogens is 4. The van der Waals surface area contributed by atoms with E-state index in [0.717, 1.165) is 5.82 Å². The van der Waals surface area contributed by atoms with Crippen molar-refractivity contribution in [3.05, 3.63) is 42.5 Å². The number of benzene rings is 1. The standard InChI is InChI=1S/C25H30FN5O/c1-24-7-4-8-25(2,15-24)12-17(11-24)31(3)23-6-5-21(29-30-23)19-9-20(26)18(10-22(19)32)16-13-27-28-14-16/h5-6,9-10,13-14,17,32H,4,7-8,11-12,15H2,1-3H3,(H,27,28)/t17?,24-,25+. The number of hydrogen-bond donors (Lipinski definition) is 2. The third-order valence-electron chi connectivity index (χ3n) is 7.60. The van der Waals surface area contributed by atoms with Gasteiger partial charge in [-0.3, -0.25) is 5.10 Å². The van der Waals surface area contributed by atoms with Gasteiger partial charge in [-0.25, -0.2) is 4.39 Å². The molecule has 32 heavy (non-hydrogen) atoms. The molecular formula is C25H30FN5O. The molecule has 6 nitrogen and oxygen atoms in total. The van der Waals surface area contributed by atoms with E-state index in [0.29, 0.717) is 33.7 Å². The molecule has 5 rings (SSSR count). The number of hydrogen-bond acceptors (Lipinski definition) is 5. The summed E-state index contributed by atoms with van der Waals surface area (Å²) in [6.45, 7) is 4.87. The average molecular weight is 436 g/mol. The Morgan fingerprint density at radius 2 is 1.84 bits per heavy atom. The van der Waals surface area contributed by atoms with Gasteiger partial charge in [0.1, 0.15) is 11.6 Å². The van der Waals surface area contributed by atoms with Gasteiger partial charge in [0.25, 0.3) is 0 Å². The van der Waals surface area contributed by atoms with Crippen molar-refractivity contribution in [1.29, 1.82) is 0 Å². The first-order chi connectivity index (χ1) is 15.3. The molecule has 2 fully saturated rings. The van der Waals surface area contributed by atoms with E-state index in [4.69, 9.17) is 0 Å². The quantitative estimate of drug-likeness (QED) is 0.561. The maximum absolute atomic E-state index is 14.7. The minimum absolute atomic E-state index is 0.0426. The number of nitrogens with one attached hydrogen (secondary N) is 1. The highest BCUT2D eigenvalue weighted by Crippen LogP contribution is 2.56. The predicted octanol–water partition coefficient (Wildman–Crippen LogP) is 5.56. The van der Waals surface area contributed by atoms with Gasteiger partial charge in [-0.15, -0.1) is 10.2 Å². The number of halogens is 1. The van der Waals surface area contributed by atoms with Crippen LogP contribution in [0.5, 0.6) is 5.75 Å². The molecule has 1 aromatic carbocycles. The van der Waals surface area contributed by atoms with Crippen molar-refractivity contribution < 1.29 is 9.50 Å². The van der Waals surface area contributed by atoms with E-state index >= 15 is 0 Å². The Kier molecular flexibility index (Phi) is 4.95. The molecule has 3 aromatic rings. The molecule has 2 heterocycles. The first-order valence-corrected chi connectivity index (χ1v) is 11.3. The highest BCUT2D eigenvalue weighted by Gasteiger charge is 2.47. The van der Waals surface area contributed by atoms with Crippen LogP contribution in [0.1, 0.15) is 52.4 Å². The summed E-state index contributed by atoms with van der Waals surface area (Å²) in [5, 5.41) is 25.8. The lowest BCUT2D eigenvalue weighted by molar-refractivity contribution is 0.0141. The molecule has 0 saturated heterocycles. The second-order valence-corrected chi connectivity index (χ2v) is 10.4. The van der Waals surface area contributed by atoms with Crippen LogP contribution in [0.2, 0.25) is 0 Å². The van der Waals surface area contributed by atoms with Gasteiger partial charge in [0, 0.05) is 36.0 Å². The largest absolute Gasteiger partial charge is 0.507 e. The summed E-state index contributed by atoms with van der Waals surface area (Å²) in [5.74, 6) is 0.317. The number of aromatic hydroxyl groups is 1. The Labute approximate surface area is 187 Å². The molecule has 2 N–H and O–H groups in total. The fourth-order valence-corrected chi connectivity index (χ4v) is 6.21. The average Bonchev–Trinajstić information content (AvgIpc) is 3.28. The van der Waals surface area contributed by atoms with Crippen LogP contribution in [0.3, 0.4) is 0 Å². The van der Waals surface area contributed by atoms with Crippen molar-refractivity contribution in [2.45, 2.75) is 58.4 Å². The number of anilines is 1. The Morgan fingerprint density at radius 3 is 2.47 bits per heavy atom. The van der Waals surface area contributed by atoms with E-state index in [9.17, 15) is 9.50 Å². The van der Waals surface area contributed by atoms with E-state index < -0.39 is 5.82 Å². The van der Waals surface area contributed by atoms with E-state index in [1.165, 1.54) is 56.9 Å². The molecule has 2 aromatic heterocycles. The highest BCUT2D eigenvalue weighted by molar-refractivity contribution is 5.74. The lowest BCUT2D eigenvalue weighted by Gasteiger charge is -2.54. The number of phenols is 1. The van der Waals surface area contributed by atoms with Crippen LogP contribution >= 0.6 is 0 Å². The maximum atomic E-state index is 14.7. The molecule has 0 radical (unpaired) electrons. The van der Waals surface area contributed by atoms with E-state index in [1.807, 2.05) is 6.07 Å². The third-order valence-corrected chi connectivity index (χ3v) is 7.60. The normalized spacial score (nSPS) is 27.3. The molecule has 2 aliphatic rings. The topological polar surface area (TPSA) is 77.9 Å². The highest BCUT2D eigenvalue weighted by atomic mass is 19.1. The van der Waals surface area contributed by atoms with Crippen LogP contribution < -0.4 is 4.90 Å². The SMILES string of the molecule is CN(c1ccc(-c2cc(F)c(-c3cn[nH]c3)cc2O)nn1)C1C[C@]2(C)CCC[C@](C)(C1)C2. The second kappa shape index (κ2) is 7.57. The van der Waals surface area contributed by atoms with Gasteiger partial charge in [0.2, 0.25) is 0 Å². The number of aromatic amines is 1. The van der Waals surface area contributed by atoms with Crippen LogP contribution in [0.4, 0.5) is 10.2 Å². The summed E-state index contributed by atoms with van der Waals surface area (Å²) in [7, 11) is 2.10. The van der Waals surface area contributed by atoms with Gasteiger partial charge < -0.3 is 10.0 Å². The monoisotopic (exact) mass is 435 g/mol. The Bertz CT molecular complexity index is 1100. The van der Waals surface area contributed by atoms with Gasteiger partial charge in [0.15, 0.2) is 5.82 Å². The predicted molar refractivity (Wildman–Crippen MR) is 123 cm³/mol. The van der Waals surface area contributed by atoms with Crippen molar-refractivity contribution in [2.24, 2.45) is 10.8 Å². The van der Waals surface area contributed by atoms with Crippen molar-refractivity contribution in [1.82, 2.24) is 20.4 Å². The second-order valence-electron chi connectivity index (χ2n) is 10.4. The number of fused-ring (bicyclic) bond motifs is 2. The van der Waals surface area contributed by atoms with E-state index in [2.05, 4.69) is 46.2 Å². The molecule has 168 valence electrons. The summed E-state index contributed by atoms with van der Waals surface area (Å²) in [6.07, 6.45) is 10.7. The minimum atomic E-state index is -0.447. The Morgan fingerprint density at radius 1 is 1.09 bits per heavy atom. The van der Waals surface area contributed by atoms with Crippen molar-refractivity contribution >= 4 is 5.82 Å². The van der Waals surface area contributed by atoms with Crippen LogP contribution in [0.15, 0.2) is 36.7 Å². The smallest absolute Gasteiger partial charge is 0.151 e. The summed E-state index contributed by atoms with van der Waals surface area (Å²) < 4.78 is 14.7. The summed E-state index contributed by atoms with van der Waals surface area (Å²) >= 11 is 0. The lowest BCUT2D eigenvalue weighted by Crippen LogP contribution is -2.49. The number of nitrogens with zero attached hydrogens (tertiary/aromatic N) is 4. The van der Waals surface area contributed by atoms with Crippen molar-refractivity contribution in [2.75, 3.05) is 11.9 Å². The molecule has 2 bridgehead atoms. The third kappa shape index (κ3) is 3.74. The molecule has 3 atom stereocenters. The summed E-state index contributed by atoms with van der Waals surface area (Å²) in [6, 6.07) is 6.85. The number of phenolic OH excluding ortho intramolecular Hbond substituents is 1. The molecule has 0 spiro atoms. The molecule has 2 saturated carbocycles. The molecule has 0 aliphatic heterocycles. The fourth-order valence-electron chi connectivity index (χ4n) is 6.21. The first kappa shape index (κ1) is 20.9. The van der Waals surface area contributed by atoms with Crippen molar-refractivity contribution in [3.8, 4) is 28.1 Å². The zero-order chi connectivity index (χ0) is 22.5. The molecule has 0 amide bonds. The van der Waals surface area contributed by atoms with E-state index in [-0.39, 0.29) is 11.3 Å². The van der Waals surface area contributed by atoms with Gasteiger partial charge in [-0.1, -0.05) is 20.3 Å².